The van der Waals surface area contributed by atoms with Crippen molar-refractivity contribution in [1.82, 2.24) is 10.2 Å². The van der Waals surface area contributed by atoms with Gasteiger partial charge in [-0.1, -0.05) is 12.4 Å². The number of carboxylic acids is 1. The first-order valence-corrected chi connectivity index (χ1v) is 9.69. The van der Waals surface area contributed by atoms with Crippen LogP contribution in [0.25, 0.3) is 0 Å². The number of nitrogens with one attached hydrogen (secondary N) is 1. The number of hydrogen-bond acceptors (Lipinski definition) is 7. The maximum absolute atomic E-state index is 12.3. The zero-order chi connectivity index (χ0) is 19.9. The van der Waals surface area contributed by atoms with E-state index in [0.717, 1.165) is 19.4 Å². The molecule has 0 radical (unpaired) electrons. The molecule has 2 fully saturated rings. The summed E-state index contributed by atoms with van der Waals surface area (Å²) in [7, 11) is 0. The summed E-state index contributed by atoms with van der Waals surface area (Å²) in [5.74, 6) is -1.14. The lowest BCUT2D eigenvalue weighted by atomic mass is 9.70. The second kappa shape index (κ2) is 7.27. The summed E-state index contributed by atoms with van der Waals surface area (Å²) in [4.78, 5) is 25.8. The topological polar surface area (TPSA) is 129 Å². The van der Waals surface area contributed by atoms with E-state index in [2.05, 4.69) is 5.32 Å². The highest BCUT2D eigenvalue weighted by Crippen LogP contribution is 2.39. The molecular formula is C18H24BN2O7-. The third kappa shape index (κ3) is 3.80. The van der Waals surface area contributed by atoms with Crippen molar-refractivity contribution in [3.05, 3.63) is 23.3 Å². The summed E-state index contributed by atoms with van der Waals surface area (Å²) < 4.78 is 11.0. The van der Waals surface area contributed by atoms with Crippen LogP contribution in [-0.2, 0) is 11.2 Å². The van der Waals surface area contributed by atoms with Crippen molar-refractivity contribution in [2.75, 3.05) is 19.6 Å². The van der Waals surface area contributed by atoms with Gasteiger partial charge in [-0.15, -0.1) is 0 Å². The maximum atomic E-state index is 12.3. The highest BCUT2D eigenvalue weighted by atomic mass is 16.6. The molecule has 4 rings (SSSR count). The Labute approximate surface area is 162 Å². The van der Waals surface area contributed by atoms with Gasteiger partial charge in [0, 0.05) is 12.5 Å². The van der Waals surface area contributed by atoms with Gasteiger partial charge in [0.2, 0.25) is 5.91 Å². The van der Waals surface area contributed by atoms with Crippen LogP contribution in [0.4, 0.5) is 0 Å². The van der Waals surface area contributed by atoms with Gasteiger partial charge in [-0.2, -0.15) is 0 Å². The highest BCUT2D eigenvalue weighted by molar-refractivity contribution is 6.59. The second-order valence-corrected chi connectivity index (χ2v) is 7.78. The van der Waals surface area contributed by atoms with Gasteiger partial charge in [0.25, 0.3) is 0 Å². The molecule has 1 aromatic rings. The number of carbonyl (C=O) groups is 2. The first-order chi connectivity index (χ1) is 13.3. The number of aryl methyl sites for hydroxylation is 1. The van der Waals surface area contributed by atoms with Gasteiger partial charge in [0.15, 0.2) is 0 Å². The fourth-order valence-electron chi connectivity index (χ4n) is 4.00. The lowest BCUT2D eigenvalue weighted by Crippen LogP contribution is -2.57. The Balaban J connectivity index is 1.42. The van der Waals surface area contributed by atoms with Gasteiger partial charge in [-0.05, 0) is 37.4 Å². The van der Waals surface area contributed by atoms with Crippen molar-refractivity contribution in [3.8, 4) is 11.5 Å². The van der Waals surface area contributed by atoms with E-state index in [1.807, 2.05) is 0 Å². The molecule has 0 aromatic heterocycles. The fraction of sp³-hybridized carbons (Fsp3) is 0.556. The monoisotopic (exact) mass is 391 g/mol. The molecular weight excluding hydrogens is 367 g/mol. The molecule has 10 heteroatoms. The predicted octanol–water partition coefficient (Wildman–Crippen LogP) is -0.0251. The predicted molar refractivity (Wildman–Crippen MR) is 99.4 cm³/mol. The maximum Gasteiger partial charge on any atom is 0.430 e. The second-order valence-electron chi connectivity index (χ2n) is 7.78. The number of carbonyl (C=O) groups excluding carboxylic acids is 1. The SMILES string of the molecule is O=C(O)c1c(OC2CN(C(=O)CC3CCCN3)C2)ccc2c1O[B-](O)(O)CC2. The van der Waals surface area contributed by atoms with Crippen LogP contribution in [-0.4, -0.2) is 70.5 Å². The Morgan fingerprint density at radius 1 is 1.32 bits per heavy atom. The summed E-state index contributed by atoms with van der Waals surface area (Å²) in [6.07, 6.45) is 2.59. The van der Waals surface area contributed by atoms with Crippen LogP contribution < -0.4 is 14.7 Å². The van der Waals surface area contributed by atoms with Crippen molar-refractivity contribution in [2.24, 2.45) is 0 Å². The molecule has 0 bridgehead atoms. The normalized spacial score (nSPS) is 23.5. The lowest BCUT2D eigenvalue weighted by Gasteiger charge is -2.40. The largest absolute Gasteiger partial charge is 0.669 e. The van der Waals surface area contributed by atoms with Gasteiger partial charge in [0.1, 0.15) is 17.4 Å². The average molecular weight is 391 g/mol. The number of benzene rings is 1. The van der Waals surface area contributed by atoms with E-state index in [1.54, 1.807) is 17.0 Å². The molecule has 28 heavy (non-hydrogen) atoms. The molecule has 3 heterocycles. The van der Waals surface area contributed by atoms with Crippen LogP contribution in [0.3, 0.4) is 0 Å². The van der Waals surface area contributed by atoms with E-state index < -0.39 is 12.7 Å². The Kier molecular flexibility index (Phi) is 4.94. The van der Waals surface area contributed by atoms with Gasteiger partial charge in [-0.25, -0.2) is 4.79 Å². The molecule has 4 N–H and O–H groups in total. The molecule has 1 amide bonds. The number of likely N-dealkylation sites (tertiary alicyclic amines) is 1. The molecule has 1 unspecified atom stereocenters. The summed E-state index contributed by atoms with van der Waals surface area (Å²) in [6, 6.07) is 3.48. The minimum absolute atomic E-state index is 0.0157. The van der Waals surface area contributed by atoms with E-state index in [1.165, 1.54) is 0 Å². The van der Waals surface area contributed by atoms with Crippen molar-refractivity contribution >= 4 is 18.6 Å². The molecule has 0 saturated carbocycles. The summed E-state index contributed by atoms with van der Waals surface area (Å²) in [5, 5.41) is 32.5. The molecule has 2 saturated heterocycles. The third-order valence-electron chi connectivity index (χ3n) is 5.59. The number of ether oxygens (including phenoxy) is 1. The number of aromatic carboxylic acids is 1. The summed E-state index contributed by atoms with van der Waals surface area (Å²) in [5.41, 5.74) is 0.381. The van der Waals surface area contributed by atoms with E-state index in [0.29, 0.717) is 31.5 Å². The van der Waals surface area contributed by atoms with Crippen LogP contribution in [0.5, 0.6) is 11.5 Å². The van der Waals surface area contributed by atoms with Crippen molar-refractivity contribution < 1.29 is 34.1 Å². The molecule has 152 valence electrons. The first kappa shape index (κ1) is 19.0. The number of fused-ring (bicyclic) bond motifs is 1. The summed E-state index contributed by atoms with van der Waals surface area (Å²) in [6.45, 7) is -1.32. The molecule has 3 aliphatic heterocycles. The first-order valence-electron chi connectivity index (χ1n) is 9.69. The number of nitrogens with zero attached hydrogens (tertiary/aromatic N) is 1. The number of rotatable bonds is 5. The van der Waals surface area contributed by atoms with E-state index in [9.17, 15) is 24.7 Å². The van der Waals surface area contributed by atoms with Crippen LogP contribution in [0, 0.1) is 0 Å². The third-order valence-corrected chi connectivity index (χ3v) is 5.59. The van der Waals surface area contributed by atoms with Crippen molar-refractivity contribution in [1.29, 1.82) is 0 Å². The molecule has 0 aliphatic carbocycles. The van der Waals surface area contributed by atoms with E-state index in [4.69, 9.17) is 9.39 Å². The summed E-state index contributed by atoms with van der Waals surface area (Å²) >= 11 is 0. The Bertz CT molecular complexity index is 788. The smallest absolute Gasteiger partial charge is 0.430 e. The highest BCUT2D eigenvalue weighted by Gasteiger charge is 2.36. The fourth-order valence-corrected chi connectivity index (χ4v) is 4.00. The molecule has 0 spiro atoms. The number of hydrogen-bond donors (Lipinski definition) is 4. The van der Waals surface area contributed by atoms with Gasteiger partial charge < -0.3 is 34.8 Å². The van der Waals surface area contributed by atoms with E-state index in [-0.39, 0.29) is 41.4 Å². The quantitative estimate of drug-likeness (QED) is 0.516. The minimum atomic E-state index is -3.07. The molecule has 1 atom stereocenters. The lowest BCUT2D eigenvalue weighted by molar-refractivity contribution is -0.140. The van der Waals surface area contributed by atoms with Crippen LogP contribution in [0.15, 0.2) is 12.1 Å². The Hall–Kier alpha value is -2.30. The Morgan fingerprint density at radius 3 is 2.79 bits per heavy atom. The number of amides is 1. The van der Waals surface area contributed by atoms with Crippen molar-refractivity contribution in [2.45, 2.75) is 44.1 Å². The Morgan fingerprint density at radius 2 is 2.11 bits per heavy atom. The zero-order valence-corrected chi connectivity index (χ0v) is 15.5. The minimum Gasteiger partial charge on any atom is -0.669 e. The van der Waals surface area contributed by atoms with Crippen LogP contribution in [0.1, 0.15) is 35.2 Å². The average Bonchev–Trinajstić information content (AvgIpc) is 3.08. The molecule has 3 aliphatic rings. The van der Waals surface area contributed by atoms with Crippen molar-refractivity contribution in [3.63, 3.8) is 0 Å². The van der Waals surface area contributed by atoms with Gasteiger partial charge >= 0.3 is 12.7 Å². The van der Waals surface area contributed by atoms with Gasteiger partial charge in [0.05, 0.1) is 18.8 Å². The van der Waals surface area contributed by atoms with Crippen LogP contribution in [0.2, 0.25) is 6.32 Å². The van der Waals surface area contributed by atoms with E-state index >= 15 is 0 Å². The standard InChI is InChI=1S/C18H24BN2O7/c22-15(8-12-2-1-7-20-12)21-9-13(10-21)27-14-4-3-11-5-6-19(25,26)28-17(11)16(14)18(23)24/h3-4,12-13,20,25-26H,1-2,5-10H2,(H,23,24)/q-1. The molecule has 1 aromatic carbocycles. The number of carboxylic acid groups (broad SMARTS) is 1. The van der Waals surface area contributed by atoms with Crippen LogP contribution >= 0.6 is 0 Å². The zero-order valence-electron chi connectivity index (χ0n) is 15.5. The molecule has 9 nitrogen and oxygen atoms in total. The van der Waals surface area contributed by atoms with Gasteiger partial charge in [-0.3, -0.25) is 4.79 Å².